The van der Waals surface area contributed by atoms with Gasteiger partial charge in [-0.1, -0.05) is 19.3 Å². The van der Waals surface area contributed by atoms with Crippen molar-refractivity contribution in [1.82, 2.24) is 9.80 Å². The molecule has 1 saturated carbocycles. The third kappa shape index (κ3) is 3.11. The molecule has 1 amide bonds. The van der Waals surface area contributed by atoms with E-state index in [9.17, 15) is 4.79 Å². The standard InChI is InChI=1S/C15H29N3O/c1-12-11-13(7-10-17(12)2)18(3)14(19)15(16)8-5-4-6-9-15/h12-13H,4-11,16H2,1-3H3. The van der Waals surface area contributed by atoms with Crippen LogP contribution in [0.1, 0.15) is 51.9 Å². The highest BCUT2D eigenvalue weighted by Gasteiger charge is 2.40. The minimum Gasteiger partial charge on any atom is -0.341 e. The molecule has 1 saturated heterocycles. The number of hydrogen-bond donors (Lipinski definition) is 1. The Morgan fingerprint density at radius 3 is 2.53 bits per heavy atom. The quantitative estimate of drug-likeness (QED) is 0.826. The first kappa shape index (κ1) is 14.8. The van der Waals surface area contributed by atoms with Gasteiger partial charge in [-0.25, -0.2) is 0 Å². The summed E-state index contributed by atoms with van der Waals surface area (Å²) in [6.07, 6.45) is 7.27. The molecule has 2 fully saturated rings. The van der Waals surface area contributed by atoms with Gasteiger partial charge < -0.3 is 15.5 Å². The van der Waals surface area contributed by atoms with Gasteiger partial charge in [-0.3, -0.25) is 4.79 Å². The zero-order valence-corrected chi connectivity index (χ0v) is 12.7. The van der Waals surface area contributed by atoms with Crippen LogP contribution in [0.5, 0.6) is 0 Å². The average molecular weight is 267 g/mol. The molecule has 2 unspecified atom stereocenters. The summed E-state index contributed by atoms with van der Waals surface area (Å²) < 4.78 is 0. The molecular formula is C15H29N3O. The molecule has 1 aliphatic heterocycles. The van der Waals surface area contributed by atoms with E-state index in [1.165, 1.54) is 6.42 Å². The fraction of sp³-hybridized carbons (Fsp3) is 0.933. The number of nitrogens with zero attached hydrogens (tertiary/aromatic N) is 2. The minimum atomic E-state index is -0.584. The van der Waals surface area contributed by atoms with Crippen molar-refractivity contribution in [3.63, 3.8) is 0 Å². The Morgan fingerprint density at radius 1 is 1.32 bits per heavy atom. The van der Waals surface area contributed by atoms with E-state index in [-0.39, 0.29) is 5.91 Å². The molecule has 0 aromatic carbocycles. The number of rotatable bonds is 2. The fourth-order valence-corrected chi connectivity index (χ4v) is 3.53. The number of amides is 1. The molecule has 1 aliphatic carbocycles. The topological polar surface area (TPSA) is 49.6 Å². The molecule has 2 rings (SSSR count). The lowest BCUT2D eigenvalue weighted by Crippen LogP contribution is -2.59. The Kier molecular flexibility index (Phi) is 4.51. The normalized spacial score (nSPS) is 32.0. The van der Waals surface area contributed by atoms with Crippen molar-refractivity contribution >= 4 is 5.91 Å². The van der Waals surface area contributed by atoms with Crippen LogP contribution in [0.3, 0.4) is 0 Å². The van der Waals surface area contributed by atoms with E-state index >= 15 is 0 Å². The maximum atomic E-state index is 12.7. The molecule has 0 radical (unpaired) electrons. The zero-order valence-electron chi connectivity index (χ0n) is 12.7. The van der Waals surface area contributed by atoms with Gasteiger partial charge in [-0.15, -0.1) is 0 Å². The van der Waals surface area contributed by atoms with Gasteiger partial charge in [0.25, 0.3) is 0 Å². The van der Waals surface area contributed by atoms with Crippen LogP contribution in [0, 0.1) is 0 Å². The number of piperidine rings is 1. The van der Waals surface area contributed by atoms with Gasteiger partial charge in [0.15, 0.2) is 0 Å². The van der Waals surface area contributed by atoms with E-state index in [1.54, 1.807) is 0 Å². The lowest BCUT2D eigenvalue weighted by Gasteiger charge is -2.43. The second kappa shape index (κ2) is 5.80. The van der Waals surface area contributed by atoms with Crippen LogP contribution in [0.4, 0.5) is 0 Å². The Morgan fingerprint density at radius 2 is 1.95 bits per heavy atom. The maximum Gasteiger partial charge on any atom is 0.242 e. The predicted molar refractivity (Wildman–Crippen MR) is 77.9 cm³/mol. The van der Waals surface area contributed by atoms with Crippen molar-refractivity contribution in [3.8, 4) is 0 Å². The predicted octanol–water partition coefficient (Wildman–Crippen LogP) is 1.59. The summed E-state index contributed by atoms with van der Waals surface area (Å²) in [7, 11) is 4.11. The largest absolute Gasteiger partial charge is 0.341 e. The lowest BCUT2D eigenvalue weighted by atomic mass is 9.81. The van der Waals surface area contributed by atoms with E-state index in [0.29, 0.717) is 12.1 Å². The van der Waals surface area contributed by atoms with E-state index in [2.05, 4.69) is 18.9 Å². The number of likely N-dealkylation sites (N-methyl/N-ethyl adjacent to an activating group) is 1. The number of hydrogen-bond acceptors (Lipinski definition) is 3. The molecule has 0 bridgehead atoms. The van der Waals surface area contributed by atoms with Crippen molar-refractivity contribution in [2.45, 2.75) is 69.5 Å². The van der Waals surface area contributed by atoms with Gasteiger partial charge in [-0.2, -0.15) is 0 Å². The van der Waals surface area contributed by atoms with Crippen LogP contribution in [-0.2, 0) is 4.79 Å². The summed E-state index contributed by atoms with van der Waals surface area (Å²) in [5.41, 5.74) is 5.79. The van der Waals surface area contributed by atoms with Crippen LogP contribution in [0.15, 0.2) is 0 Å². The van der Waals surface area contributed by atoms with E-state index in [4.69, 9.17) is 5.73 Å². The van der Waals surface area contributed by atoms with Gasteiger partial charge in [0, 0.05) is 25.7 Å². The molecule has 110 valence electrons. The molecule has 2 aliphatic rings. The Labute approximate surface area is 117 Å². The zero-order chi connectivity index (χ0) is 14.0. The number of carbonyl (C=O) groups is 1. The van der Waals surface area contributed by atoms with E-state index in [1.807, 2.05) is 11.9 Å². The first-order chi connectivity index (χ1) is 8.94. The van der Waals surface area contributed by atoms with Crippen molar-refractivity contribution in [2.75, 3.05) is 20.6 Å². The average Bonchev–Trinajstić information content (AvgIpc) is 2.41. The minimum absolute atomic E-state index is 0.175. The summed E-state index contributed by atoms with van der Waals surface area (Å²) in [4.78, 5) is 17.0. The summed E-state index contributed by atoms with van der Waals surface area (Å²) in [5, 5.41) is 0. The van der Waals surface area contributed by atoms with Crippen LogP contribution in [0.2, 0.25) is 0 Å². The molecule has 4 nitrogen and oxygen atoms in total. The highest BCUT2D eigenvalue weighted by Crippen LogP contribution is 2.29. The van der Waals surface area contributed by atoms with Crippen molar-refractivity contribution in [1.29, 1.82) is 0 Å². The Bertz CT molecular complexity index is 325. The third-order valence-corrected chi connectivity index (χ3v) is 5.22. The first-order valence-corrected chi connectivity index (χ1v) is 7.70. The number of likely N-dealkylation sites (tertiary alicyclic amines) is 1. The monoisotopic (exact) mass is 267 g/mol. The highest BCUT2D eigenvalue weighted by molar-refractivity contribution is 5.86. The van der Waals surface area contributed by atoms with E-state index in [0.717, 1.165) is 45.1 Å². The molecule has 2 atom stereocenters. The fourth-order valence-electron chi connectivity index (χ4n) is 3.53. The van der Waals surface area contributed by atoms with Gasteiger partial charge in [0.05, 0.1) is 5.54 Å². The van der Waals surface area contributed by atoms with Crippen LogP contribution in [0.25, 0.3) is 0 Å². The lowest BCUT2D eigenvalue weighted by molar-refractivity contribution is -0.140. The molecule has 0 aromatic heterocycles. The van der Waals surface area contributed by atoms with Crippen molar-refractivity contribution in [3.05, 3.63) is 0 Å². The third-order valence-electron chi connectivity index (χ3n) is 5.22. The van der Waals surface area contributed by atoms with Crippen LogP contribution in [-0.4, -0.2) is 54.0 Å². The van der Waals surface area contributed by atoms with Crippen molar-refractivity contribution < 1.29 is 4.79 Å². The van der Waals surface area contributed by atoms with Gasteiger partial charge in [-0.05, 0) is 39.7 Å². The second-order valence-electron chi connectivity index (χ2n) is 6.64. The molecular weight excluding hydrogens is 238 g/mol. The summed E-state index contributed by atoms with van der Waals surface area (Å²) in [6.45, 7) is 3.31. The van der Waals surface area contributed by atoms with Gasteiger partial charge in [0.1, 0.15) is 0 Å². The molecule has 0 spiro atoms. The number of nitrogens with two attached hydrogens (primary N) is 1. The Hall–Kier alpha value is -0.610. The van der Waals surface area contributed by atoms with E-state index < -0.39 is 5.54 Å². The van der Waals surface area contributed by atoms with Gasteiger partial charge in [0.2, 0.25) is 5.91 Å². The smallest absolute Gasteiger partial charge is 0.242 e. The summed E-state index contributed by atoms with van der Waals surface area (Å²) in [5.74, 6) is 0.175. The molecule has 19 heavy (non-hydrogen) atoms. The second-order valence-corrected chi connectivity index (χ2v) is 6.64. The first-order valence-electron chi connectivity index (χ1n) is 7.70. The van der Waals surface area contributed by atoms with Crippen LogP contribution < -0.4 is 5.73 Å². The van der Waals surface area contributed by atoms with Crippen LogP contribution >= 0.6 is 0 Å². The molecule has 2 N–H and O–H groups in total. The summed E-state index contributed by atoms with van der Waals surface area (Å²) >= 11 is 0. The Balaban J connectivity index is 1.98. The molecule has 4 heteroatoms. The number of carbonyl (C=O) groups excluding carboxylic acids is 1. The van der Waals surface area contributed by atoms with Gasteiger partial charge >= 0.3 is 0 Å². The SMILES string of the molecule is CC1CC(N(C)C(=O)C2(N)CCCCC2)CCN1C. The maximum absolute atomic E-state index is 12.7. The molecule has 0 aromatic rings. The summed E-state index contributed by atoms with van der Waals surface area (Å²) in [6, 6.07) is 0.912. The highest BCUT2D eigenvalue weighted by atomic mass is 16.2. The van der Waals surface area contributed by atoms with Crippen molar-refractivity contribution in [2.24, 2.45) is 5.73 Å². The molecule has 1 heterocycles.